The number of anilines is 1. The third-order valence-electron chi connectivity index (χ3n) is 17.3. The van der Waals surface area contributed by atoms with Crippen molar-refractivity contribution in [2.24, 2.45) is 22.2 Å². The molecule has 0 amide bonds. The van der Waals surface area contributed by atoms with Crippen molar-refractivity contribution in [1.82, 2.24) is 0 Å². The number of hydrogen-bond acceptors (Lipinski definition) is 15. The van der Waals surface area contributed by atoms with Crippen molar-refractivity contribution in [2.45, 2.75) is 178 Å². The normalized spacial score (nSPS) is 13.8. The van der Waals surface area contributed by atoms with Gasteiger partial charge in [-0.05, 0) is 293 Å². The number of esters is 5. The van der Waals surface area contributed by atoms with Crippen molar-refractivity contribution >= 4 is 167 Å². The Balaban J connectivity index is 0.000000272. The van der Waals surface area contributed by atoms with Crippen LogP contribution in [0.15, 0.2) is 127 Å². The lowest BCUT2D eigenvalue weighted by atomic mass is 9.90. The van der Waals surface area contributed by atoms with Gasteiger partial charge in [-0.3, -0.25) is 19.2 Å². The van der Waals surface area contributed by atoms with Gasteiger partial charge in [0, 0.05) is 32.0 Å². The van der Waals surface area contributed by atoms with Crippen molar-refractivity contribution in [2.75, 3.05) is 24.7 Å². The summed E-state index contributed by atoms with van der Waals surface area (Å²) in [5, 5.41) is 11.9. The predicted octanol–water partition coefficient (Wildman–Crippen LogP) is 20.4. The molecule has 1 aliphatic carbocycles. The quantitative estimate of drug-likeness (QED) is 0.00938. The summed E-state index contributed by atoms with van der Waals surface area (Å²) in [6.07, 6.45) is 0.411. The van der Waals surface area contributed by atoms with E-state index in [4.69, 9.17) is 29.8 Å². The molecule has 542 valence electrons. The van der Waals surface area contributed by atoms with Gasteiger partial charge in [-0.25, -0.2) is 13.2 Å². The number of hydrogen-bond donors (Lipinski definition) is 2. The molecule has 1 saturated carbocycles. The number of fused-ring (bicyclic) bond motifs is 3. The number of ether oxygens (including phenoxy) is 5. The number of aromatic hydroxyl groups is 1. The zero-order valence-electron chi connectivity index (χ0n) is 58.3. The second-order valence-electron chi connectivity index (χ2n) is 26.1. The van der Waals surface area contributed by atoms with Gasteiger partial charge in [-0.15, -0.1) is 0 Å². The van der Waals surface area contributed by atoms with Crippen LogP contribution in [0.1, 0.15) is 175 Å². The highest BCUT2D eigenvalue weighted by atomic mass is 127. The maximum Gasteiger partial charge on any atom is 0.426 e. The molecular weight excluding hydrogens is 1770 g/mol. The highest BCUT2D eigenvalue weighted by Crippen LogP contribution is 2.48. The van der Waals surface area contributed by atoms with Gasteiger partial charge in [0.1, 0.15) is 30.3 Å². The number of nitrogens with two attached hydrogens (primary N) is 1. The van der Waals surface area contributed by atoms with Crippen LogP contribution in [-0.4, -0.2) is 84.8 Å². The number of halogens is 7. The lowest BCUT2D eigenvalue weighted by molar-refractivity contribution is -0.197. The Kier molecular flexibility index (Phi) is 34.2. The number of phenols is 1. The second kappa shape index (κ2) is 39.1. The average molecular weight is 1860 g/mol. The largest absolute Gasteiger partial charge is 0.748 e. The van der Waals surface area contributed by atoms with E-state index in [2.05, 4.69) is 172 Å². The number of carbonyl (C=O) groups excluding carboxylic acids is 5. The van der Waals surface area contributed by atoms with E-state index < -0.39 is 56.5 Å². The number of benzene rings is 6. The van der Waals surface area contributed by atoms with Gasteiger partial charge in [-0.2, -0.15) is 13.2 Å². The molecule has 0 saturated heterocycles. The fourth-order valence-corrected chi connectivity index (χ4v) is 16.6. The van der Waals surface area contributed by atoms with E-state index >= 15 is 0 Å². The predicted molar refractivity (Wildman–Crippen MR) is 420 cm³/mol. The first-order valence-electron chi connectivity index (χ1n) is 32.7. The van der Waals surface area contributed by atoms with E-state index in [1.807, 2.05) is 72.7 Å². The van der Waals surface area contributed by atoms with E-state index in [0.717, 1.165) is 59.8 Å². The number of nitrogen functional groups attached to an aromatic ring is 1. The fourth-order valence-electron chi connectivity index (χ4n) is 9.34. The zero-order valence-corrected chi connectivity index (χ0v) is 68.6. The van der Waals surface area contributed by atoms with Gasteiger partial charge in [-0.1, -0.05) is 96.1 Å². The SMILES string of the molecule is CCC(C)(C)C(=O)OC1(C)CCCC1.CCC(C)(C)C(=O)Oc1cc(C(=O)OC(CS(=O)(=O)[O-])C(F)(F)F)ccc1I.CCC(C)c1cccc(O)c1.CCC(Cc1c(I)cc(I)c(N)c1I)C(=O)OCCOC(=O)C(C)(C)CC.c1ccc(-[s+]2c3ccccc3c3ccccc32)cc1. The van der Waals surface area contributed by atoms with Crippen LogP contribution in [0.25, 0.3) is 25.1 Å². The number of carbonyl (C=O) groups is 5. The maximum atomic E-state index is 12.9. The van der Waals surface area contributed by atoms with Crippen molar-refractivity contribution in [1.29, 1.82) is 0 Å². The van der Waals surface area contributed by atoms with Crippen LogP contribution in [0.4, 0.5) is 18.9 Å². The summed E-state index contributed by atoms with van der Waals surface area (Å²) >= 11 is 8.53. The smallest absolute Gasteiger partial charge is 0.426 e. The molecule has 3 N–H and O–H groups in total. The zero-order chi connectivity index (χ0) is 74.4. The minimum Gasteiger partial charge on any atom is -0.748 e. The van der Waals surface area contributed by atoms with Crippen LogP contribution >= 0.6 is 101 Å². The maximum absolute atomic E-state index is 12.9. The molecular formula is C75H92F3I4NO14S2. The van der Waals surface area contributed by atoms with E-state index in [9.17, 15) is 50.1 Å². The Morgan fingerprint density at radius 2 is 1.18 bits per heavy atom. The molecule has 1 fully saturated rings. The van der Waals surface area contributed by atoms with Crippen LogP contribution in [0.5, 0.6) is 11.5 Å². The van der Waals surface area contributed by atoms with Crippen molar-refractivity contribution in [3.05, 3.63) is 158 Å². The Labute approximate surface area is 639 Å². The van der Waals surface area contributed by atoms with E-state index in [1.54, 1.807) is 49.4 Å². The minimum atomic E-state index is -5.30. The highest BCUT2D eigenvalue weighted by Gasteiger charge is 2.45. The summed E-state index contributed by atoms with van der Waals surface area (Å²) in [7, 11) is -5.24. The van der Waals surface area contributed by atoms with Gasteiger partial charge >= 0.3 is 36.0 Å². The van der Waals surface area contributed by atoms with Crippen molar-refractivity contribution < 1.29 is 78.9 Å². The average Bonchev–Trinajstić information content (AvgIpc) is 1.61. The molecule has 3 unspecified atom stereocenters. The molecule has 99 heavy (non-hydrogen) atoms. The van der Waals surface area contributed by atoms with Crippen molar-refractivity contribution in [3.63, 3.8) is 0 Å². The Morgan fingerprint density at radius 3 is 1.70 bits per heavy atom. The molecule has 0 radical (unpaired) electrons. The number of phenolic OH excluding ortho intramolecular Hbond substituents is 1. The van der Waals surface area contributed by atoms with Crippen LogP contribution < -0.4 is 10.5 Å². The molecule has 7 aromatic rings. The third-order valence-corrected chi connectivity index (χ3v) is 24.3. The molecule has 1 aromatic heterocycles. The van der Waals surface area contributed by atoms with Gasteiger partial charge in [0.15, 0.2) is 14.3 Å². The molecule has 0 spiro atoms. The Morgan fingerprint density at radius 1 is 0.657 bits per heavy atom. The summed E-state index contributed by atoms with van der Waals surface area (Å²) < 4.78 is 102. The second-order valence-corrected chi connectivity index (χ2v) is 34.1. The number of alkyl halides is 3. The first-order chi connectivity index (χ1) is 46.2. The first kappa shape index (κ1) is 86.5. The summed E-state index contributed by atoms with van der Waals surface area (Å²) in [5.74, 6) is -4.07. The van der Waals surface area contributed by atoms with Crippen LogP contribution in [-0.2, 0) is 54.7 Å². The molecule has 1 heterocycles. The molecule has 15 nitrogen and oxygen atoms in total. The third kappa shape index (κ3) is 26.4. The lowest BCUT2D eigenvalue weighted by Crippen LogP contribution is -2.39. The van der Waals surface area contributed by atoms with Crippen molar-refractivity contribution in [3.8, 4) is 16.4 Å². The highest BCUT2D eigenvalue weighted by molar-refractivity contribution is 14.1. The molecule has 8 rings (SSSR count). The van der Waals surface area contributed by atoms with Crippen LogP contribution in [0, 0.1) is 36.4 Å². The molecule has 24 heteroatoms. The lowest BCUT2D eigenvalue weighted by Gasteiger charge is -2.29. The summed E-state index contributed by atoms with van der Waals surface area (Å²) in [4.78, 5) is 61.8. The number of thiophene rings is 1. The minimum absolute atomic E-state index is 0.0376. The first-order valence-corrected chi connectivity index (χ1v) is 39.8. The standard InChI is InChI=1S/C19H26I3NO4.C18H13S.C16H18F3IO7S.C12H22O2.C10H14O/c1-5-11(9-12-13(20)10-14(21)16(23)15(12)22)17(24)26-7-8-27-18(25)19(3,4)6-2;1-2-8-14(9-3-1)19-17-12-6-4-10-15(17)16-11-5-7-13-18(16)19;1-4-15(2,3)14(22)26-11-7-9(5-6-10(11)20)13(21)27-12(16(17,18)19)8-28(23,24)25;1-5-11(2,3)10(13)14-12(4)8-6-7-9-12;1-3-8(2)9-5-4-6-10(11)7-9/h10-11H,5-9,23H2,1-4H3;1-13H;5-7,12H,4,8H2,1-3H3,(H,23,24,25);5-9H2,1-4H3;4-8,11H,3H2,1-2H3/q;+1;;;/p-1. The van der Waals surface area contributed by atoms with Gasteiger partial charge in [0.25, 0.3) is 0 Å². The van der Waals surface area contributed by atoms with Gasteiger partial charge in [0.2, 0.25) is 6.10 Å². The molecule has 0 aliphatic heterocycles. The summed E-state index contributed by atoms with van der Waals surface area (Å²) in [6.45, 7) is 25.1. The molecule has 1 aliphatic rings. The van der Waals surface area contributed by atoms with E-state index in [0.29, 0.717) is 40.9 Å². The monoisotopic (exact) mass is 1860 g/mol. The fraction of sp³-hybridized carbons (Fsp3) is 0.453. The number of rotatable bonds is 22. The molecule has 6 aromatic carbocycles. The Hall–Kier alpha value is -4.89. The van der Waals surface area contributed by atoms with E-state index in [-0.39, 0.29) is 64.3 Å². The van der Waals surface area contributed by atoms with Crippen LogP contribution in [0.2, 0.25) is 0 Å². The molecule has 0 bridgehead atoms. The summed E-state index contributed by atoms with van der Waals surface area (Å²) in [6, 6.07) is 41.3. The van der Waals surface area contributed by atoms with Crippen LogP contribution in [0.3, 0.4) is 0 Å². The van der Waals surface area contributed by atoms with Gasteiger partial charge in [0.05, 0.1) is 52.9 Å². The van der Waals surface area contributed by atoms with Gasteiger partial charge < -0.3 is 39.1 Å². The summed E-state index contributed by atoms with van der Waals surface area (Å²) in [5.41, 5.74) is 6.92. The van der Waals surface area contributed by atoms with E-state index in [1.165, 1.54) is 49.5 Å². The Bertz CT molecular complexity index is 3920. The topological polar surface area (TPSA) is 235 Å². The molecule has 3 atom stereocenters.